The van der Waals surface area contributed by atoms with E-state index in [1.54, 1.807) is 24.3 Å². The van der Waals surface area contributed by atoms with Gasteiger partial charge < -0.3 is 20.8 Å². The second-order valence-electron chi connectivity index (χ2n) is 5.91. The summed E-state index contributed by atoms with van der Waals surface area (Å²) in [6.07, 6.45) is 0.728. The normalized spacial score (nSPS) is 11.0. The van der Waals surface area contributed by atoms with Crippen molar-refractivity contribution in [2.45, 2.75) is 13.3 Å². The molecule has 4 N–H and O–H groups in total. The minimum atomic E-state index is -0.167. The van der Waals surface area contributed by atoms with Crippen LogP contribution in [-0.2, 0) is 0 Å². The first-order valence-electron chi connectivity index (χ1n) is 8.63. The molecule has 27 heavy (non-hydrogen) atoms. The van der Waals surface area contributed by atoms with E-state index in [0.717, 1.165) is 17.5 Å². The Labute approximate surface area is 167 Å². The second-order valence-corrected chi connectivity index (χ2v) is 6.73. The Morgan fingerprint density at radius 3 is 2.78 bits per heavy atom. The fourth-order valence-electron chi connectivity index (χ4n) is 2.67. The summed E-state index contributed by atoms with van der Waals surface area (Å²) in [6, 6.07) is 8.70. The van der Waals surface area contributed by atoms with Crippen molar-refractivity contribution in [3.63, 3.8) is 0 Å². The van der Waals surface area contributed by atoms with Gasteiger partial charge in [-0.1, -0.05) is 23.2 Å². The van der Waals surface area contributed by atoms with Crippen molar-refractivity contribution < 1.29 is 9.53 Å². The number of benzene rings is 2. The highest BCUT2D eigenvalue weighted by atomic mass is 35.5. The van der Waals surface area contributed by atoms with E-state index in [1.807, 2.05) is 13.0 Å². The van der Waals surface area contributed by atoms with Gasteiger partial charge in [-0.3, -0.25) is 4.79 Å². The van der Waals surface area contributed by atoms with Crippen molar-refractivity contribution >= 4 is 40.1 Å². The number of carbonyl (C=O) groups is 1. The molecule has 1 aromatic heterocycles. The van der Waals surface area contributed by atoms with E-state index in [0.29, 0.717) is 52.4 Å². The summed E-state index contributed by atoms with van der Waals surface area (Å²) in [4.78, 5) is 20.1. The summed E-state index contributed by atoms with van der Waals surface area (Å²) < 4.78 is 5.74. The van der Waals surface area contributed by atoms with Gasteiger partial charge in [-0.15, -0.1) is 0 Å². The van der Waals surface area contributed by atoms with Gasteiger partial charge in [-0.25, -0.2) is 4.98 Å². The number of ether oxygens (including phenoxy) is 1. The number of nitrogens with zero attached hydrogens (tertiary/aromatic N) is 1. The minimum Gasteiger partial charge on any atom is -0.493 e. The summed E-state index contributed by atoms with van der Waals surface area (Å²) in [5.41, 5.74) is 8.19. The number of amides is 1. The van der Waals surface area contributed by atoms with E-state index in [9.17, 15) is 4.79 Å². The lowest BCUT2D eigenvalue weighted by Gasteiger charge is -2.11. The van der Waals surface area contributed by atoms with E-state index in [4.69, 9.17) is 33.7 Å². The van der Waals surface area contributed by atoms with Crippen LogP contribution in [0.2, 0.25) is 10.0 Å². The first-order valence-corrected chi connectivity index (χ1v) is 9.39. The first kappa shape index (κ1) is 19.5. The highest BCUT2D eigenvalue weighted by Gasteiger charge is 2.15. The SMILES string of the molecule is CCOc1cc(C(=O)NCCCN)ccc1-c1nc2cc(Cl)c(Cl)cc2[nH]1. The molecule has 2 aromatic carbocycles. The molecule has 8 heteroatoms. The molecule has 0 spiro atoms. The molecule has 142 valence electrons. The van der Waals surface area contributed by atoms with Crippen LogP contribution < -0.4 is 15.8 Å². The van der Waals surface area contributed by atoms with Gasteiger partial charge in [0.05, 0.1) is 33.2 Å². The van der Waals surface area contributed by atoms with Crippen LogP contribution in [0, 0.1) is 0 Å². The smallest absolute Gasteiger partial charge is 0.251 e. The van der Waals surface area contributed by atoms with Crippen LogP contribution in [0.5, 0.6) is 5.75 Å². The molecule has 0 aliphatic heterocycles. The number of hydrogen-bond donors (Lipinski definition) is 3. The van der Waals surface area contributed by atoms with Gasteiger partial charge in [0, 0.05) is 12.1 Å². The zero-order valence-corrected chi connectivity index (χ0v) is 16.3. The standard InChI is InChI=1S/C19H20Cl2N4O2/c1-2-27-17-8-11(19(26)23-7-3-6-22)4-5-12(17)18-24-15-9-13(20)14(21)10-16(15)25-18/h4-5,8-10H,2-3,6-7,22H2,1H3,(H,23,26)(H,24,25). The van der Waals surface area contributed by atoms with E-state index in [2.05, 4.69) is 15.3 Å². The number of halogens is 2. The third-order valence-electron chi connectivity index (χ3n) is 3.99. The van der Waals surface area contributed by atoms with Gasteiger partial charge in [0.15, 0.2) is 0 Å². The molecular formula is C19H20Cl2N4O2. The highest BCUT2D eigenvalue weighted by Crippen LogP contribution is 2.33. The van der Waals surface area contributed by atoms with Crippen molar-refractivity contribution in [2.75, 3.05) is 19.7 Å². The van der Waals surface area contributed by atoms with Gasteiger partial charge in [-0.05, 0) is 50.2 Å². The second kappa shape index (κ2) is 8.61. The Bertz CT molecular complexity index is 933. The van der Waals surface area contributed by atoms with Crippen molar-refractivity contribution in [1.82, 2.24) is 15.3 Å². The molecule has 0 saturated heterocycles. The molecule has 0 atom stereocenters. The van der Waals surface area contributed by atoms with Crippen molar-refractivity contribution in [3.8, 4) is 17.1 Å². The molecule has 3 rings (SSSR count). The zero-order valence-electron chi connectivity index (χ0n) is 14.8. The number of aromatic nitrogens is 2. The number of fused-ring (bicyclic) bond motifs is 1. The van der Waals surface area contributed by atoms with Crippen LogP contribution in [0.15, 0.2) is 30.3 Å². The molecule has 0 aliphatic carbocycles. The predicted molar refractivity (Wildman–Crippen MR) is 109 cm³/mol. The topological polar surface area (TPSA) is 93.0 Å². The molecule has 0 unspecified atom stereocenters. The molecule has 0 bridgehead atoms. The van der Waals surface area contributed by atoms with Gasteiger partial charge in [0.1, 0.15) is 11.6 Å². The number of nitrogens with one attached hydrogen (secondary N) is 2. The predicted octanol–water partition coefficient (Wildman–Crippen LogP) is 4.01. The minimum absolute atomic E-state index is 0.167. The number of carbonyl (C=O) groups excluding carboxylic acids is 1. The van der Waals surface area contributed by atoms with E-state index >= 15 is 0 Å². The third kappa shape index (κ3) is 4.35. The van der Waals surface area contributed by atoms with Crippen LogP contribution >= 0.6 is 23.2 Å². The summed E-state index contributed by atoms with van der Waals surface area (Å²) in [5.74, 6) is 1.02. The average Bonchev–Trinajstić information content (AvgIpc) is 3.05. The number of rotatable bonds is 7. The summed E-state index contributed by atoms with van der Waals surface area (Å²) in [6.45, 7) is 3.41. The van der Waals surface area contributed by atoms with Gasteiger partial charge in [-0.2, -0.15) is 0 Å². The summed E-state index contributed by atoms with van der Waals surface area (Å²) in [7, 11) is 0. The molecule has 0 aliphatic rings. The molecule has 6 nitrogen and oxygen atoms in total. The van der Waals surface area contributed by atoms with Crippen LogP contribution in [0.25, 0.3) is 22.4 Å². The Morgan fingerprint density at radius 2 is 2.04 bits per heavy atom. The monoisotopic (exact) mass is 406 g/mol. The maximum Gasteiger partial charge on any atom is 0.251 e. The number of hydrogen-bond acceptors (Lipinski definition) is 4. The van der Waals surface area contributed by atoms with Crippen LogP contribution in [-0.4, -0.2) is 35.6 Å². The summed E-state index contributed by atoms with van der Waals surface area (Å²) in [5, 5.41) is 3.73. The van der Waals surface area contributed by atoms with Crippen LogP contribution in [0.4, 0.5) is 0 Å². The van der Waals surface area contributed by atoms with Gasteiger partial charge in [0.25, 0.3) is 5.91 Å². The molecule has 0 radical (unpaired) electrons. The number of imidazole rings is 1. The summed E-state index contributed by atoms with van der Waals surface area (Å²) >= 11 is 12.1. The van der Waals surface area contributed by atoms with E-state index < -0.39 is 0 Å². The van der Waals surface area contributed by atoms with Crippen LogP contribution in [0.3, 0.4) is 0 Å². The Hall–Kier alpha value is -2.28. The van der Waals surface area contributed by atoms with E-state index in [-0.39, 0.29) is 5.91 Å². The lowest BCUT2D eigenvalue weighted by atomic mass is 10.1. The van der Waals surface area contributed by atoms with Crippen molar-refractivity contribution in [1.29, 1.82) is 0 Å². The highest BCUT2D eigenvalue weighted by molar-refractivity contribution is 6.42. The Balaban J connectivity index is 1.96. The molecule has 1 amide bonds. The largest absolute Gasteiger partial charge is 0.493 e. The number of H-pyrrole nitrogens is 1. The quantitative estimate of drug-likeness (QED) is 0.516. The fraction of sp³-hybridized carbons (Fsp3) is 0.263. The Morgan fingerprint density at radius 1 is 1.26 bits per heavy atom. The maximum atomic E-state index is 12.3. The number of aromatic amines is 1. The van der Waals surface area contributed by atoms with Crippen molar-refractivity contribution in [3.05, 3.63) is 45.9 Å². The maximum absolute atomic E-state index is 12.3. The third-order valence-corrected chi connectivity index (χ3v) is 4.71. The van der Waals surface area contributed by atoms with Crippen molar-refractivity contribution in [2.24, 2.45) is 5.73 Å². The van der Waals surface area contributed by atoms with Gasteiger partial charge >= 0.3 is 0 Å². The lowest BCUT2D eigenvalue weighted by Crippen LogP contribution is -2.25. The lowest BCUT2D eigenvalue weighted by molar-refractivity contribution is 0.0953. The molecule has 0 saturated carbocycles. The molecule has 0 fully saturated rings. The zero-order chi connectivity index (χ0) is 19.4. The first-order chi connectivity index (χ1) is 13.0. The fourth-order valence-corrected chi connectivity index (χ4v) is 2.99. The van der Waals surface area contributed by atoms with Gasteiger partial charge in [0.2, 0.25) is 0 Å². The van der Waals surface area contributed by atoms with Crippen LogP contribution in [0.1, 0.15) is 23.7 Å². The average molecular weight is 407 g/mol. The molecular weight excluding hydrogens is 387 g/mol. The van der Waals surface area contributed by atoms with E-state index in [1.165, 1.54) is 0 Å². The number of nitrogens with two attached hydrogens (primary N) is 1. The molecule has 3 aromatic rings. The Kier molecular flexibility index (Phi) is 6.21. The molecule has 1 heterocycles.